The summed E-state index contributed by atoms with van der Waals surface area (Å²) in [6.45, 7) is 0. The molecule has 3 unspecified atom stereocenters. The smallest absolute Gasteiger partial charge is 0.263 e. The Morgan fingerprint density at radius 3 is 2.65 bits per heavy atom. The molecule has 2 aromatic heterocycles. The van der Waals surface area contributed by atoms with Gasteiger partial charge in [0, 0.05) is 25.1 Å². The topological polar surface area (TPSA) is 118 Å². The Morgan fingerprint density at radius 2 is 2.00 bits per heavy atom. The minimum atomic E-state index is -0.859. The lowest BCUT2D eigenvalue weighted by molar-refractivity contribution is -0.0184. The van der Waals surface area contributed by atoms with Gasteiger partial charge in [-0.25, -0.2) is 4.39 Å². The molecule has 1 amide bonds. The molecule has 1 saturated carbocycles. The van der Waals surface area contributed by atoms with Crippen molar-refractivity contribution in [1.82, 2.24) is 9.55 Å². The van der Waals surface area contributed by atoms with Crippen LogP contribution in [-0.4, -0.2) is 37.9 Å². The Kier molecular flexibility index (Phi) is 5.36. The molecule has 162 valence electrons. The second-order valence-corrected chi connectivity index (χ2v) is 8.32. The van der Waals surface area contributed by atoms with E-state index in [1.54, 1.807) is 24.4 Å². The molecular weight excluding hydrogens is 401 g/mol. The highest BCUT2D eigenvalue weighted by Crippen LogP contribution is 2.43. The second-order valence-electron chi connectivity index (χ2n) is 8.32. The summed E-state index contributed by atoms with van der Waals surface area (Å²) in [7, 11) is 1.54. The number of nitrogens with two attached hydrogens (primary N) is 1. The Morgan fingerprint density at radius 1 is 1.29 bits per heavy atom. The first-order valence-corrected chi connectivity index (χ1v) is 10.1. The Bertz CT molecular complexity index is 1210. The molecule has 1 aliphatic carbocycles. The van der Waals surface area contributed by atoms with Crippen LogP contribution in [-0.2, 0) is 18.9 Å². The van der Waals surface area contributed by atoms with Crippen molar-refractivity contribution in [2.75, 3.05) is 0 Å². The van der Waals surface area contributed by atoms with Crippen molar-refractivity contribution in [2.24, 2.45) is 12.8 Å². The number of primary amides is 1. The Hall–Kier alpha value is -3.10. The fourth-order valence-corrected chi connectivity index (χ4v) is 4.58. The lowest BCUT2D eigenvalue weighted by Crippen LogP contribution is -2.47. The van der Waals surface area contributed by atoms with E-state index < -0.39 is 29.1 Å². The summed E-state index contributed by atoms with van der Waals surface area (Å²) in [5.74, 6) is -1.16. The van der Waals surface area contributed by atoms with Gasteiger partial charge < -0.3 is 20.5 Å². The second kappa shape index (κ2) is 7.86. The first kappa shape index (κ1) is 21.1. The zero-order valence-electron chi connectivity index (χ0n) is 17.1. The SMILES string of the molecule is Cn1c(=O)c(C(N)=O)cc2ncc(C3(Cc4ccc(F)cc4)CCC(O)CC3O)cc21. The lowest BCUT2D eigenvalue weighted by atomic mass is 9.64. The maximum atomic E-state index is 13.4. The monoisotopic (exact) mass is 425 g/mol. The van der Waals surface area contributed by atoms with Crippen LogP contribution < -0.4 is 11.3 Å². The van der Waals surface area contributed by atoms with Crippen LogP contribution in [0.15, 0.2) is 47.4 Å². The summed E-state index contributed by atoms with van der Waals surface area (Å²) in [6.07, 6.45) is 1.78. The molecule has 3 aromatic rings. The number of aromatic nitrogens is 2. The third kappa shape index (κ3) is 3.73. The van der Waals surface area contributed by atoms with E-state index in [4.69, 9.17) is 5.73 Å². The van der Waals surface area contributed by atoms with Gasteiger partial charge in [-0.3, -0.25) is 14.6 Å². The van der Waals surface area contributed by atoms with Gasteiger partial charge in [0.25, 0.3) is 11.5 Å². The number of carbonyl (C=O) groups is 1. The first-order chi connectivity index (χ1) is 14.7. The molecule has 4 N–H and O–H groups in total. The van der Waals surface area contributed by atoms with Crippen molar-refractivity contribution in [3.05, 3.63) is 75.5 Å². The predicted octanol–water partition coefficient (Wildman–Crippen LogP) is 1.56. The van der Waals surface area contributed by atoms with E-state index >= 15 is 0 Å². The van der Waals surface area contributed by atoms with E-state index in [2.05, 4.69) is 4.98 Å². The maximum Gasteiger partial charge on any atom is 0.263 e. The molecule has 0 radical (unpaired) electrons. The summed E-state index contributed by atoms with van der Waals surface area (Å²) < 4.78 is 14.7. The van der Waals surface area contributed by atoms with Crippen molar-refractivity contribution in [1.29, 1.82) is 0 Å². The molecule has 7 nitrogen and oxygen atoms in total. The number of pyridine rings is 2. The molecule has 8 heteroatoms. The summed E-state index contributed by atoms with van der Waals surface area (Å²) in [5.41, 5.74) is 6.37. The van der Waals surface area contributed by atoms with Gasteiger partial charge in [0.2, 0.25) is 0 Å². The van der Waals surface area contributed by atoms with Gasteiger partial charge in [0.15, 0.2) is 0 Å². The average molecular weight is 425 g/mol. The Labute approximate surface area is 178 Å². The van der Waals surface area contributed by atoms with E-state index in [1.165, 1.54) is 29.8 Å². The third-order valence-corrected chi connectivity index (χ3v) is 6.40. The fraction of sp³-hybridized carbons (Fsp3) is 0.348. The van der Waals surface area contributed by atoms with Gasteiger partial charge in [-0.15, -0.1) is 0 Å². The number of amides is 1. The zero-order chi connectivity index (χ0) is 22.3. The van der Waals surface area contributed by atoms with Crippen LogP contribution in [0.1, 0.15) is 40.7 Å². The normalized spacial score (nSPS) is 23.7. The number of hydrogen-bond acceptors (Lipinski definition) is 5. The van der Waals surface area contributed by atoms with Crippen molar-refractivity contribution < 1.29 is 19.4 Å². The van der Waals surface area contributed by atoms with E-state index in [0.29, 0.717) is 35.9 Å². The molecular formula is C23H24FN3O4. The number of benzene rings is 1. The predicted molar refractivity (Wildman–Crippen MR) is 113 cm³/mol. The van der Waals surface area contributed by atoms with Crippen LogP contribution in [0.2, 0.25) is 0 Å². The minimum Gasteiger partial charge on any atom is -0.393 e. The number of hydrogen-bond donors (Lipinski definition) is 3. The number of nitrogens with zero attached hydrogens (tertiary/aromatic N) is 2. The highest BCUT2D eigenvalue weighted by Gasteiger charge is 2.44. The number of aliphatic hydroxyl groups is 2. The molecule has 0 aliphatic heterocycles. The van der Waals surface area contributed by atoms with E-state index in [-0.39, 0.29) is 17.8 Å². The van der Waals surface area contributed by atoms with Crippen molar-refractivity contribution in [3.8, 4) is 0 Å². The molecule has 1 fully saturated rings. The molecule has 1 aliphatic rings. The minimum absolute atomic E-state index is 0.142. The van der Waals surface area contributed by atoms with Crippen LogP contribution in [0.5, 0.6) is 0 Å². The number of aliphatic hydroxyl groups excluding tert-OH is 2. The quantitative estimate of drug-likeness (QED) is 0.586. The number of carbonyl (C=O) groups excluding carboxylic acids is 1. The largest absolute Gasteiger partial charge is 0.393 e. The fourth-order valence-electron chi connectivity index (χ4n) is 4.58. The number of halogens is 1. The molecule has 2 heterocycles. The van der Waals surface area contributed by atoms with E-state index in [1.807, 2.05) is 0 Å². The standard InChI is InChI=1S/C23H24FN3O4/c1-27-19-8-14(12-26-18(19)10-17(21(25)30)22(27)31)23(7-6-16(28)9-20(23)29)11-13-2-4-15(24)5-3-13/h2-5,8,10,12,16,20,28-29H,6-7,9,11H2,1H3,(H2,25,30). The maximum absolute atomic E-state index is 13.4. The van der Waals surface area contributed by atoms with Gasteiger partial charge in [-0.1, -0.05) is 12.1 Å². The van der Waals surface area contributed by atoms with Crippen LogP contribution in [0.25, 0.3) is 11.0 Å². The van der Waals surface area contributed by atoms with Crippen molar-refractivity contribution in [2.45, 2.75) is 43.3 Å². The van der Waals surface area contributed by atoms with Gasteiger partial charge >= 0.3 is 0 Å². The van der Waals surface area contributed by atoms with Crippen LogP contribution >= 0.6 is 0 Å². The molecule has 3 atom stereocenters. The number of rotatable bonds is 4. The van der Waals surface area contributed by atoms with E-state index in [0.717, 1.165) is 5.56 Å². The van der Waals surface area contributed by atoms with Gasteiger partial charge in [0.05, 0.1) is 23.2 Å². The first-order valence-electron chi connectivity index (χ1n) is 10.1. The average Bonchev–Trinajstić information content (AvgIpc) is 2.74. The molecule has 4 rings (SSSR count). The summed E-state index contributed by atoms with van der Waals surface area (Å²) in [5, 5.41) is 21.2. The molecule has 1 aromatic carbocycles. The number of fused-ring (bicyclic) bond motifs is 1. The summed E-state index contributed by atoms with van der Waals surface area (Å²) in [4.78, 5) is 28.6. The van der Waals surface area contributed by atoms with Crippen LogP contribution in [0.4, 0.5) is 4.39 Å². The highest BCUT2D eigenvalue weighted by atomic mass is 19.1. The molecule has 0 spiro atoms. The lowest BCUT2D eigenvalue weighted by Gasteiger charge is -2.43. The zero-order valence-corrected chi connectivity index (χ0v) is 17.1. The molecule has 0 bridgehead atoms. The van der Waals surface area contributed by atoms with Crippen molar-refractivity contribution >= 4 is 16.9 Å². The number of aryl methyl sites for hydroxylation is 1. The van der Waals surface area contributed by atoms with Crippen molar-refractivity contribution in [3.63, 3.8) is 0 Å². The van der Waals surface area contributed by atoms with Gasteiger partial charge in [-0.05, 0) is 54.7 Å². The molecule has 31 heavy (non-hydrogen) atoms. The highest BCUT2D eigenvalue weighted by molar-refractivity contribution is 5.95. The van der Waals surface area contributed by atoms with Crippen LogP contribution in [0.3, 0.4) is 0 Å². The Balaban J connectivity index is 1.87. The van der Waals surface area contributed by atoms with Crippen LogP contribution in [0, 0.1) is 5.82 Å². The third-order valence-electron chi connectivity index (χ3n) is 6.40. The van der Waals surface area contributed by atoms with E-state index in [9.17, 15) is 24.2 Å². The summed E-state index contributed by atoms with van der Waals surface area (Å²) >= 11 is 0. The van der Waals surface area contributed by atoms with Gasteiger partial charge in [-0.2, -0.15) is 0 Å². The summed E-state index contributed by atoms with van der Waals surface area (Å²) in [6, 6.07) is 9.27. The van der Waals surface area contributed by atoms with Gasteiger partial charge in [0.1, 0.15) is 11.4 Å². The molecule has 0 saturated heterocycles.